The van der Waals surface area contributed by atoms with E-state index < -0.39 is 39.7 Å². The van der Waals surface area contributed by atoms with Gasteiger partial charge in [-0.2, -0.15) is 5.21 Å². The lowest BCUT2D eigenvalue weighted by Crippen LogP contribution is -2.23. The highest BCUT2D eigenvalue weighted by Crippen LogP contribution is 2.39. The summed E-state index contributed by atoms with van der Waals surface area (Å²) < 4.78 is 77.5. The maximum absolute atomic E-state index is 13.3. The van der Waals surface area contributed by atoms with E-state index in [2.05, 4.69) is 30.7 Å². The van der Waals surface area contributed by atoms with Gasteiger partial charge in [0.25, 0.3) is 0 Å². The molecular weight excluding hydrogens is 518 g/mol. The van der Waals surface area contributed by atoms with E-state index in [4.69, 9.17) is 5.14 Å². The molecule has 3 aromatic rings. The first kappa shape index (κ1) is 25.2. The summed E-state index contributed by atoms with van der Waals surface area (Å²) in [4.78, 5) is -1.06. The molecule has 0 unspecified atom stereocenters. The van der Waals surface area contributed by atoms with Crippen LogP contribution in [-0.2, 0) is 29.9 Å². The maximum Gasteiger partial charge on any atom is 0.240 e. The van der Waals surface area contributed by atoms with Crippen molar-refractivity contribution in [2.45, 2.75) is 16.2 Å². The van der Waals surface area contributed by atoms with Crippen molar-refractivity contribution in [2.24, 2.45) is 11.1 Å². The van der Waals surface area contributed by atoms with Crippen LogP contribution in [0.5, 0.6) is 0 Å². The minimum absolute atomic E-state index is 0.129. The number of nitrogens with zero attached hydrogens (tertiary/aromatic N) is 3. The third kappa shape index (κ3) is 5.67. The number of aromatic amines is 1. The molecule has 0 aliphatic carbocycles. The van der Waals surface area contributed by atoms with Crippen molar-refractivity contribution in [2.75, 3.05) is 29.8 Å². The molecule has 35 heavy (non-hydrogen) atoms. The van der Waals surface area contributed by atoms with Gasteiger partial charge in [0.05, 0.1) is 22.5 Å². The van der Waals surface area contributed by atoms with Crippen LogP contribution >= 0.6 is 0 Å². The Bertz CT molecular complexity index is 1550. The van der Waals surface area contributed by atoms with Crippen molar-refractivity contribution in [1.29, 1.82) is 0 Å². The molecule has 0 radical (unpaired) electrons. The highest BCUT2D eigenvalue weighted by atomic mass is 32.2. The molecule has 188 valence electrons. The fourth-order valence-electron chi connectivity index (χ4n) is 4.01. The first-order chi connectivity index (χ1) is 16.4. The fraction of sp³-hybridized carbons (Fsp3) is 0.316. The van der Waals surface area contributed by atoms with Crippen LogP contribution in [0.4, 0.5) is 5.69 Å². The van der Waals surface area contributed by atoms with Crippen molar-refractivity contribution in [3.63, 3.8) is 0 Å². The minimum atomic E-state index is -4.58. The molecule has 2 aromatic carbocycles. The van der Waals surface area contributed by atoms with Crippen LogP contribution in [0.15, 0.2) is 46.2 Å². The predicted octanol–water partition coefficient (Wildman–Crippen LogP) is -0.0642. The molecule has 0 spiro atoms. The third-order valence-electron chi connectivity index (χ3n) is 5.43. The molecule has 1 aromatic heterocycles. The number of nitrogens with two attached hydrogens (primary N) is 1. The van der Waals surface area contributed by atoms with Gasteiger partial charge in [0.15, 0.2) is 9.84 Å². The fourth-order valence-corrected chi connectivity index (χ4v) is 7.88. The van der Waals surface area contributed by atoms with Gasteiger partial charge in [-0.05, 0) is 60.0 Å². The number of primary sulfonamides is 1. The van der Waals surface area contributed by atoms with E-state index in [0.29, 0.717) is 25.1 Å². The minimum Gasteiger partial charge on any atom is -0.316 e. The van der Waals surface area contributed by atoms with Crippen LogP contribution in [0, 0.1) is 5.92 Å². The number of sulfonamides is 2. The lowest BCUT2D eigenvalue weighted by atomic mass is 9.99. The third-order valence-corrected chi connectivity index (χ3v) is 9.08. The summed E-state index contributed by atoms with van der Waals surface area (Å²) >= 11 is 0. The summed E-state index contributed by atoms with van der Waals surface area (Å²) in [6.45, 7) is 1.19. The van der Waals surface area contributed by atoms with Gasteiger partial charge in [0.1, 0.15) is 4.90 Å². The summed E-state index contributed by atoms with van der Waals surface area (Å²) in [6.07, 6.45) is 1.65. The Kier molecular flexibility index (Phi) is 6.67. The second-order valence-corrected chi connectivity index (χ2v) is 13.4. The average Bonchev–Trinajstić information content (AvgIpc) is 3.45. The van der Waals surface area contributed by atoms with E-state index in [1.807, 2.05) is 0 Å². The van der Waals surface area contributed by atoms with Crippen LogP contribution in [0.2, 0.25) is 0 Å². The van der Waals surface area contributed by atoms with E-state index in [1.165, 1.54) is 36.4 Å². The summed E-state index contributed by atoms with van der Waals surface area (Å²) in [6, 6.07) is 8.68. The topological polar surface area (TPSA) is 207 Å². The number of rotatable bonds is 8. The normalized spacial score (nSPS) is 16.9. The number of benzene rings is 2. The molecule has 1 atom stereocenters. The molecule has 1 aliphatic heterocycles. The zero-order valence-electron chi connectivity index (χ0n) is 18.5. The van der Waals surface area contributed by atoms with Crippen molar-refractivity contribution in [3.8, 4) is 22.5 Å². The predicted molar refractivity (Wildman–Crippen MR) is 128 cm³/mol. The molecule has 5 N–H and O–H groups in total. The first-order valence-electron chi connectivity index (χ1n) is 10.3. The van der Waals surface area contributed by atoms with E-state index in [1.54, 1.807) is 0 Å². The number of hydrogen-bond donors (Lipinski definition) is 4. The molecular formula is C19H23N7O6S3. The van der Waals surface area contributed by atoms with Crippen molar-refractivity contribution >= 4 is 35.6 Å². The summed E-state index contributed by atoms with van der Waals surface area (Å²) in [5, 5.41) is 22.1. The Balaban J connectivity index is 1.92. The van der Waals surface area contributed by atoms with Crippen LogP contribution in [0.25, 0.3) is 22.5 Å². The summed E-state index contributed by atoms with van der Waals surface area (Å²) in [5.41, 5.74) is 0.865. The van der Waals surface area contributed by atoms with E-state index >= 15 is 0 Å². The second-order valence-electron chi connectivity index (χ2n) is 8.19. The molecule has 2 heterocycles. The largest absolute Gasteiger partial charge is 0.316 e. The second kappa shape index (κ2) is 9.27. The van der Waals surface area contributed by atoms with E-state index in [9.17, 15) is 25.3 Å². The van der Waals surface area contributed by atoms with Gasteiger partial charge < -0.3 is 5.32 Å². The molecule has 1 aliphatic rings. The number of sulfone groups is 1. The molecule has 0 bridgehead atoms. The van der Waals surface area contributed by atoms with E-state index in [0.717, 1.165) is 6.26 Å². The SMILES string of the molecule is CS(=O)(=O)Nc1ccc(-c2ccc(S(=O)(=O)C[C@@H]3CCNC3)c(S(N)(=O)=O)c2-c2nn[nH]n2)cc1. The summed E-state index contributed by atoms with van der Waals surface area (Å²) in [5.74, 6) is -0.585. The van der Waals surface area contributed by atoms with Gasteiger partial charge in [-0.15, -0.1) is 10.2 Å². The number of aromatic nitrogens is 4. The molecule has 1 saturated heterocycles. The summed E-state index contributed by atoms with van der Waals surface area (Å²) in [7, 11) is -12.1. The van der Waals surface area contributed by atoms with Crippen molar-refractivity contribution in [3.05, 3.63) is 36.4 Å². The van der Waals surface area contributed by atoms with Crippen molar-refractivity contribution in [1.82, 2.24) is 25.9 Å². The molecule has 4 rings (SSSR count). The molecule has 1 fully saturated rings. The highest BCUT2D eigenvalue weighted by Gasteiger charge is 2.33. The maximum atomic E-state index is 13.3. The van der Waals surface area contributed by atoms with Gasteiger partial charge in [0.2, 0.25) is 25.9 Å². The first-order valence-corrected chi connectivity index (χ1v) is 15.4. The number of anilines is 1. The van der Waals surface area contributed by atoms with Gasteiger partial charge >= 0.3 is 0 Å². The Hall–Kier alpha value is -2.92. The van der Waals surface area contributed by atoms with Gasteiger partial charge in [0, 0.05) is 5.69 Å². The van der Waals surface area contributed by atoms with Crippen LogP contribution in [-0.4, -0.2) is 71.0 Å². The van der Waals surface area contributed by atoms with Crippen LogP contribution in [0.3, 0.4) is 0 Å². The van der Waals surface area contributed by atoms with Gasteiger partial charge in [-0.1, -0.05) is 18.2 Å². The Labute approximate surface area is 202 Å². The number of hydrogen-bond acceptors (Lipinski definition) is 10. The molecule has 16 heteroatoms. The smallest absolute Gasteiger partial charge is 0.240 e. The number of nitrogens with one attached hydrogen (secondary N) is 3. The Morgan fingerprint density at radius 1 is 1.06 bits per heavy atom. The van der Waals surface area contributed by atoms with E-state index in [-0.39, 0.29) is 34.3 Å². The Morgan fingerprint density at radius 2 is 1.77 bits per heavy atom. The zero-order chi connectivity index (χ0) is 25.4. The molecule has 0 saturated carbocycles. The molecule has 13 nitrogen and oxygen atoms in total. The average molecular weight is 542 g/mol. The Morgan fingerprint density at radius 3 is 2.31 bits per heavy atom. The quantitative estimate of drug-likeness (QED) is 0.298. The van der Waals surface area contributed by atoms with Gasteiger partial charge in [-0.25, -0.2) is 30.4 Å². The highest BCUT2D eigenvalue weighted by molar-refractivity contribution is 7.93. The zero-order valence-corrected chi connectivity index (χ0v) is 20.9. The van der Waals surface area contributed by atoms with Crippen molar-refractivity contribution < 1.29 is 25.3 Å². The standard InChI is InChI=1S/C19H23N7O6S3/c1-33(27,28)24-14-4-2-13(3-5-14)15-6-7-16(34(29,30)11-12-8-9-21-10-12)18(35(20,31)32)17(15)19-22-25-26-23-19/h2-7,12,21,24H,8-11H2,1H3,(H2,20,31,32)(H,22,23,25,26)/t12-/m1/s1. The van der Waals surface area contributed by atoms with Crippen LogP contribution in [0.1, 0.15) is 6.42 Å². The monoisotopic (exact) mass is 541 g/mol. The molecule has 0 amide bonds. The van der Waals surface area contributed by atoms with Crippen LogP contribution < -0.4 is 15.2 Å². The number of tetrazole rings is 1. The number of H-pyrrole nitrogens is 1. The van der Waals surface area contributed by atoms with Gasteiger partial charge in [-0.3, -0.25) is 4.72 Å². The lowest BCUT2D eigenvalue weighted by molar-refractivity contribution is 0.565. The lowest BCUT2D eigenvalue weighted by Gasteiger charge is -2.17.